The van der Waals surface area contributed by atoms with E-state index >= 15 is 0 Å². The number of carboxylic acid groups (broad SMARTS) is 1. The lowest BCUT2D eigenvalue weighted by Gasteiger charge is -2.30. The Kier molecular flexibility index (Phi) is 5.28. The van der Waals surface area contributed by atoms with Crippen LogP contribution < -0.4 is 5.32 Å². The predicted octanol–water partition coefficient (Wildman–Crippen LogP) is 0.308. The van der Waals surface area contributed by atoms with Crippen LogP contribution in [-0.4, -0.2) is 47.6 Å². The van der Waals surface area contributed by atoms with E-state index in [1.165, 1.54) is 4.90 Å². The molecule has 0 aliphatic heterocycles. The maximum Gasteiger partial charge on any atom is 0.323 e. The van der Waals surface area contributed by atoms with Crippen LogP contribution in [0.1, 0.15) is 27.2 Å². The zero-order chi connectivity index (χ0) is 12.1. The number of rotatable bonds is 6. The number of carbonyl (C=O) groups is 2. The maximum absolute atomic E-state index is 11.3. The van der Waals surface area contributed by atoms with Crippen LogP contribution in [0.25, 0.3) is 0 Å². The van der Waals surface area contributed by atoms with Gasteiger partial charge in [-0.2, -0.15) is 0 Å². The Balaban J connectivity index is 4.18. The fourth-order valence-electron chi connectivity index (χ4n) is 0.897. The molecule has 5 nitrogen and oxygen atoms in total. The molecule has 0 aromatic heterocycles. The summed E-state index contributed by atoms with van der Waals surface area (Å²) in [6.07, 6.45) is 0.873. The number of hydrogen-bond donors (Lipinski definition) is 2. The third-order valence-electron chi connectivity index (χ3n) is 2.43. The van der Waals surface area contributed by atoms with E-state index in [0.29, 0.717) is 6.54 Å². The molecule has 0 bridgehead atoms. The highest BCUT2D eigenvalue weighted by Crippen LogP contribution is 2.11. The molecule has 0 heterocycles. The average molecular weight is 216 g/mol. The molecule has 2 N–H and O–H groups in total. The van der Waals surface area contributed by atoms with Gasteiger partial charge in [0.2, 0.25) is 5.91 Å². The van der Waals surface area contributed by atoms with E-state index in [2.05, 4.69) is 5.32 Å². The molecule has 0 saturated carbocycles. The van der Waals surface area contributed by atoms with Gasteiger partial charge in [-0.3, -0.25) is 14.5 Å². The van der Waals surface area contributed by atoms with Crippen LogP contribution in [0, 0.1) is 0 Å². The number of nitrogens with zero attached hydrogens (tertiary/aromatic N) is 1. The lowest BCUT2D eigenvalue weighted by molar-refractivity contribution is -0.149. The lowest BCUT2D eigenvalue weighted by atomic mass is 10.0. The first-order chi connectivity index (χ1) is 6.82. The fourth-order valence-corrected chi connectivity index (χ4v) is 0.897. The van der Waals surface area contributed by atoms with Crippen LogP contribution in [0.3, 0.4) is 0 Å². The standard InChI is InChI=1S/C10H20N2O3/c1-5-6-11-8(13)7-12(4)10(2,3)9(14)15/h5-7H2,1-4H3,(H,11,13)(H,14,15). The van der Waals surface area contributed by atoms with Gasteiger partial charge in [0.1, 0.15) is 5.54 Å². The van der Waals surface area contributed by atoms with Crippen LogP contribution in [0.2, 0.25) is 0 Å². The highest BCUT2D eigenvalue weighted by molar-refractivity contribution is 5.81. The monoisotopic (exact) mass is 216 g/mol. The highest BCUT2D eigenvalue weighted by atomic mass is 16.4. The Hall–Kier alpha value is -1.10. The smallest absolute Gasteiger partial charge is 0.323 e. The summed E-state index contributed by atoms with van der Waals surface area (Å²) < 4.78 is 0. The van der Waals surface area contributed by atoms with Gasteiger partial charge in [0.15, 0.2) is 0 Å². The summed E-state index contributed by atoms with van der Waals surface area (Å²) in [5, 5.41) is 11.6. The van der Waals surface area contributed by atoms with Crippen LogP contribution in [0.15, 0.2) is 0 Å². The summed E-state index contributed by atoms with van der Waals surface area (Å²) in [4.78, 5) is 23.7. The van der Waals surface area contributed by atoms with Crippen molar-refractivity contribution in [2.75, 3.05) is 20.1 Å². The van der Waals surface area contributed by atoms with Crippen molar-refractivity contribution in [3.05, 3.63) is 0 Å². The second-order valence-electron chi connectivity index (χ2n) is 4.07. The number of amides is 1. The van der Waals surface area contributed by atoms with Gasteiger partial charge in [0, 0.05) is 6.54 Å². The van der Waals surface area contributed by atoms with E-state index in [9.17, 15) is 9.59 Å². The van der Waals surface area contributed by atoms with Crippen molar-refractivity contribution in [3.8, 4) is 0 Å². The molecule has 1 amide bonds. The minimum absolute atomic E-state index is 0.0965. The fraction of sp³-hybridized carbons (Fsp3) is 0.800. The molecule has 0 fully saturated rings. The first kappa shape index (κ1) is 13.9. The quantitative estimate of drug-likeness (QED) is 0.670. The van der Waals surface area contributed by atoms with Gasteiger partial charge in [-0.1, -0.05) is 6.92 Å². The van der Waals surface area contributed by atoms with E-state index in [-0.39, 0.29) is 12.5 Å². The SMILES string of the molecule is CCCNC(=O)CN(C)C(C)(C)C(=O)O. The largest absolute Gasteiger partial charge is 0.480 e. The molecule has 0 aromatic carbocycles. The lowest BCUT2D eigenvalue weighted by Crippen LogP contribution is -2.51. The molecule has 0 atom stereocenters. The van der Waals surface area contributed by atoms with Crippen LogP contribution in [-0.2, 0) is 9.59 Å². The second kappa shape index (κ2) is 5.70. The van der Waals surface area contributed by atoms with Gasteiger partial charge < -0.3 is 10.4 Å². The molecule has 0 unspecified atom stereocenters. The normalized spacial score (nSPS) is 11.5. The first-order valence-electron chi connectivity index (χ1n) is 5.03. The molecule has 0 spiro atoms. The summed E-state index contributed by atoms with van der Waals surface area (Å²) in [5.74, 6) is -1.08. The minimum Gasteiger partial charge on any atom is -0.480 e. The van der Waals surface area contributed by atoms with Gasteiger partial charge in [0.05, 0.1) is 6.54 Å². The maximum atomic E-state index is 11.3. The Morgan fingerprint density at radius 1 is 1.40 bits per heavy atom. The molecule has 88 valence electrons. The molecule has 0 saturated heterocycles. The molecule has 15 heavy (non-hydrogen) atoms. The van der Waals surface area contributed by atoms with Crippen LogP contribution >= 0.6 is 0 Å². The Morgan fingerprint density at radius 2 is 1.93 bits per heavy atom. The summed E-state index contributed by atoms with van der Waals surface area (Å²) in [7, 11) is 1.62. The molecule has 0 rings (SSSR count). The van der Waals surface area contributed by atoms with Gasteiger partial charge in [-0.15, -0.1) is 0 Å². The van der Waals surface area contributed by atoms with Gasteiger partial charge in [0.25, 0.3) is 0 Å². The Bertz CT molecular complexity index is 239. The van der Waals surface area contributed by atoms with Crippen molar-refractivity contribution >= 4 is 11.9 Å². The topological polar surface area (TPSA) is 69.6 Å². The van der Waals surface area contributed by atoms with Crippen molar-refractivity contribution in [2.24, 2.45) is 0 Å². The summed E-state index contributed by atoms with van der Waals surface area (Å²) >= 11 is 0. The van der Waals surface area contributed by atoms with Gasteiger partial charge in [-0.25, -0.2) is 0 Å². The highest BCUT2D eigenvalue weighted by Gasteiger charge is 2.32. The molecule has 0 radical (unpaired) electrons. The zero-order valence-corrected chi connectivity index (χ0v) is 9.83. The molecule has 0 aliphatic rings. The molecule has 0 aliphatic carbocycles. The van der Waals surface area contributed by atoms with E-state index in [0.717, 1.165) is 6.42 Å². The third kappa shape index (κ3) is 4.29. The summed E-state index contributed by atoms with van der Waals surface area (Å²) in [6, 6.07) is 0. The third-order valence-corrected chi connectivity index (χ3v) is 2.43. The molecule has 5 heteroatoms. The van der Waals surface area contributed by atoms with Crippen molar-refractivity contribution in [1.29, 1.82) is 0 Å². The minimum atomic E-state index is -1.02. The second-order valence-corrected chi connectivity index (χ2v) is 4.07. The summed E-state index contributed by atoms with van der Waals surface area (Å²) in [5.41, 5.74) is -1.02. The number of likely N-dealkylation sites (N-methyl/N-ethyl adjacent to an activating group) is 1. The number of aliphatic carboxylic acids is 1. The van der Waals surface area contributed by atoms with Gasteiger partial charge >= 0.3 is 5.97 Å². The number of hydrogen-bond acceptors (Lipinski definition) is 3. The van der Waals surface area contributed by atoms with Crippen molar-refractivity contribution in [3.63, 3.8) is 0 Å². The van der Waals surface area contributed by atoms with Crippen LogP contribution in [0.5, 0.6) is 0 Å². The molecular formula is C10H20N2O3. The van der Waals surface area contributed by atoms with Crippen LogP contribution in [0.4, 0.5) is 0 Å². The number of nitrogens with one attached hydrogen (secondary N) is 1. The zero-order valence-electron chi connectivity index (χ0n) is 9.83. The van der Waals surface area contributed by atoms with E-state index in [4.69, 9.17) is 5.11 Å². The predicted molar refractivity (Wildman–Crippen MR) is 57.6 cm³/mol. The number of carboxylic acids is 1. The van der Waals surface area contributed by atoms with E-state index in [1.54, 1.807) is 20.9 Å². The van der Waals surface area contributed by atoms with E-state index in [1.807, 2.05) is 6.92 Å². The number of carbonyl (C=O) groups excluding carboxylic acids is 1. The van der Waals surface area contributed by atoms with E-state index < -0.39 is 11.5 Å². The Labute approximate surface area is 90.5 Å². The van der Waals surface area contributed by atoms with Crippen molar-refractivity contribution in [2.45, 2.75) is 32.7 Å². The van der Waals surface area contributed by atoms with Crippen molar-refractivity contribution in [1.82, 2.24) is 10.2 Å². The van der Waals surface area contributed by atoms with Gasteiger partial charge in [-0.05, 0) is 27.3 Å². The summed E-state index contributed by atoms with van der Waals surface area (Å²) in [6.45, 7) is 5.83. The molecule has 0 aromatic rings. The first-order valence-corrected chi connectivity index (χ1v) is 5.03. The Morgan fingerprint density at radius 3 is 2.33 bits per heavy atom. The molecular weight excluding hydrogens is 196 g/mol. The average Bonchev–Trinajstić information content (AvgIpc) is 2.14. The van der Waals surface area contributed by atoms with Crippen molar-refractivity contribution < 1.29 is 14.7 Å².